The van der Waals surface area contributed by atoms with Crippen LogP contribution < -0.4 is 0 Å². The van der Waals surface area contributed by atoms with E-state index in [1.807, 2.05) is 6.92 Å². The predicted molar refractivity (Wildman–Crippen MR) is 80.6 cm³/mol. The summed E-state index contributed by atoms with van der Waals surface area (Å²) in [5.74, 6) is -2.98. The smallest absolute Gasteiger partial charge is 0.348 e. The Morgan fingerprint density at radius 1 is 0.920 bits per heavy atom. The zero-order valence-corrected chi connectivity index (χ0v) is 13.2. The van der Waals surface area contributed by atoms with Gasteiger partial charge in [0.1, 0.15) is 17.2 Å². The van der Waals surface area contributed by atoms with E-state index in [9.17, 15) is 22.0 Å². The van der Waals surface area contributed by atoms with Crippen molar-refractivity contribution in [2.75, 3.05) is 13.2 Å². The van der Waals surface area contributed by atoms with Crippen molar-refractivity contribution >= 4 is 0 Å². The first-order valence-corrected chi connectivity index (χ1v) is 7.66. The summed E-state index contributed by atoms with van der Waals surface area (Å²) in [6, 6.07) is 7.69. The van der Waals surface area contributed by atoms with Gasteiger partial charge in [-0.1, -0.05) is 31.2 Å². The van der Waals surface area contributed by atoms with E-state index in [1.165, 1.54) is 12.1 Å². The highest BCUT2D eigenvalue weighted by Gasteiger charge is 2.38. The molecule has 2 aromatic carbocycles. The second kappa shape index (κ2) is 6.72. The van der Waals surface area contributed by atoms with Crippen LogP contribution in [0.4, 0.5) is 22.0 Å². The molecule has 0 spiro atoms. The molecule has 0 bridgehead atoms. The third kappa shape index (κ3) is 3.67. The minimum absolute atomic E-state index is 0.205. The number of hydrogen-bond donors (Lipinski definition) is 0. The highest BCUT2D eigenvalue weighted by molar-refractivity contribution is 5.65. The molecule has 0 aromatic heterocycles. The second-order valence-electron chi connectivity index (χ2n) is 6.01. The van der Waals surface area contributed by atoms with Gasteiger partial charge in [0.25, 0.3) is 0 Å². The van der Waals surface area contributed by atoms with E-state index in [1.54, 1.807) is 12.1 Å². The van der Waals surface area contributed by atoms with E-state index in [-0.39, 0.29) is 17.0 Å². The summed E-state index contributed by atoms with van der Waals surface area (Å²) in [6.07, 6.45) is -5.67. The van der Waals surface area contributed by atoms with Crippen molar-refractivity contribution in [2.45, 2.75) is 19.4 Å². The molecule has 0 aliphatic carbocycles. The molecule has 2 nitrogen and oxygen atoms in total. The Hall–Kier alpha value is -1.99. The van der Waals surface area contributed by atoms with Crippen molar-refractivity contribution in [1.29, 1.82) is 0 Å². The highest BCUT2D eigenvalue weighted by atomic mass is 19.4. The molecule has 0 unspecified atom stereocenters. The minimum Gasteiger partial charge on any atom is -0.348 e. The number of hydrogen-bond acceptors (Lipinski definition) is 2. The number of benzene rings is 2. The Morgan fingerprint density at radius 2 is 1.52 bits per heavy atom. The SMILES string of the molecule is CC1COC(c2ccc(-c3ccc(F)c(C(F)(F)F)c3F)cc2)OC1. The maximum absolute atomic E-state index is 14.2. The summed E-state index contributed by atoms with van der Waals surface area (Å²) in [6.45, 7) is 3.05. The molecule has 2 aromatic rings. The fraction of sp³-hybridized carbons (Fsp3) is 0.333. The zero-order valence-electron chi connectivity index (χ0n) is 13.2. The van der Waals surface area contributed by atoms with Crippen LogP contribution >= 0.6 is 0 Å². The van der Waals surface area contributed by atoms with Gasteiger partial charge in [-0.15, -0.1) is 0 Å². The molecule has 1 fully saturated rings. The molecule has 0 radical (unpaired) electrons. The fourth-order valence-electron chi connectivity index (χ4n) is 2.65. The average molecular weight is 358 g/mol. The first-order valence-electron chi connectivity index (χ1n) is 7.66. The van der Waals surface area contributed by atoms with Crippen molar-refractivity contribution in [3.63, 3.8) is 0 Å². The molecule has 7 heteroatoms. The van der Waals surface area contributed by atoms with Crippen LogP contribution in [-0.4, -0.2) is 13.2 Å². The molecule has 1 aliphatic rings. The van der Waals surface area contributed by atoms with Crippen LogP contribution in [0.25, 0.3) is 11.1 Å². The summed E-state index contributed by atoms with van der Waals surface area (Å²) >= 11 is 0. The number of halogens is 5. The van der Waals surface area contributed by atoms with Crippen LogP contribution in [0.3, 0.4) is 0 Å². The van der Waals surface area contributed by atoms with Gasteiger partial charge in [-0.2, -0.15) is 13.2 Å². The van der Waals surface area contributed by atoms with Crippen molar-refractivity contribution in [2.24, 2.45) is 5.92 Å². The number of ether oxygens (including phenoxy) is 2. The minimum atomic E-state index is -5.11. The molecular formula is C18H15F5O2. The molecule has 25 heavy (non-hydrogen) atoms. The standard InChI is InChI=1S/C18H15F5O2/c1-10-8-24-17(25-9-10)12-4-2-11(3-5-12)13-6-7-14(19)15(16(13)20)18(21,22)23/h2-7,10,17H,8-9H2,1H3. The topological polar surface area (TPSA) is 18.5 Å². The lowest BCUT2D eigenvalue weighted by molar-refractivity contribution is -0.202. The van der Waals surface area contributed by atoms with E-state index in [0.29, 0.717) is 24.8 Å². The van der Waals surface area contributed by atoms with Gasteiger partial charge in [0.15, 0.2) is 6.29 Å². The largest absolute Gasteiger partial charge is 0.422 e. The Labute approximate surface area is 141 Å². The van der Waals surface area contributed by atoms with E-state index in [2.05, 4.69) is 0 Å². The summed E-state index contributed by atoms with van der Waals surface area (Å²) < 4.78 is 77.1. The third-order valence-electron chi connectivity index (χ3n) is 3.93. The first kappa shape index (κ1) is 17.8. The van der Waals surface area contributed by atoms with Gasteiger partial charge < -0.3 is 9.47 Å². The summed E-state index contributed by atoms with van der Waals surface area (Å²) in [4.78, 5) is 0. The molecule has 3 rings (SSSR count). The molecule has 0 atom stereocenters. The Kier molecular flexibility index (Phi) is 4.79. The van der Waals surface area contributed by atoms with Crippen LogP contribution in [0.1, 0.15) is 24.3 Å². The second-order valence-corrected chi connectivity index (χ2v) is 6.01. The lowest BCUT2D eigenvalue weighted by atomic mass is 10.00. The fourth-order valence-corrected chi connectivity index (χ4v) is 2.65. The molecule has 0 N–H and O–H groups in total. The lowest BCUT2D eigenvalue weighted by Gasteiger charge is -2.27. The van der Waals surface area contributed by atoms with Crippen LogP contribution in [-0.2, 0) is 15.7 Å². The molecule has 1 saturated heterocycles. The number of rotatable bonds is 2. The third-order valence-corrected chi connectivity index (χ3v) is 3.93. The maximum Gasteiger partial charge on any atom is 0.422 e. The molecule has 1 aliphatic heterocycles. The van der Waals surface area contributed by atoms with Gasteiger partial charge in [-0.25, -0.2) is 8.78 Å². The van der Waals surface area contributed by atoms with Gasteiger partial charge in [0.05, 0.1) is 13.2 Å². The van der Waals surface area contributed by atoms with Crippen LogP contribution in [0.5, 0.6) is 0 Å². The van der Waals surface area contributed by atoms with Gasteiger partial charge in [0.2, 0.25) is 0 Å². The quantitative estimate of drug-likeness (QED) is 0.676. The number of alkyl halides is 3. The zero-order chi connectivity index (χ0) is 18.2. The van der Waals surface area contributed by atoms with Gasteiger partial charge in [-0.05, 0) is 17.7 Å². The van der Waals surface area contributed by atoms with Crippen molar-refractivity contribution in [3.8, 4) is 11.1 Å². The predicted octanol–water partition coefficient (Wildman–Crippen LogP) is 5.33. The maximum atomic E-state index is 14.2. The van der Waals surface area contributed by atoms with E-state index < -0.39 is 29.7 Å². The summed E-state index contributed by atoms with van der Waals surface area (Å²) in [5.41, 5.74) is -1.33. The van der Waals surface area contributed by atoms with Gasteiger partial charge in [-0.3, -0.25) is 0 Å². The lowest BCUT2D eigenvalue weighted by Crippen LogP contribution is -2.24. The first-order chi connectivity index (χ1) is 11.8. The molecule has 0 saturated carbocycles. The highest BCUT2D eigenvalue weighted by Crippen LogP contribution is 2.37. The van der Waals surface area contributed by atoms with E-state index in [0.717, 1.165) is 6.07 Å². The van der Waals surface area contributed by atoms with E-state index >= 15 is 0 Å². The van der Waals surface area contributed by atoms with Gasteiger partial charge >= 0.3 is 6.18 Å². The normalized spacial score (nSPS) is 21.4. The van der Waals surface area contributed by atoms with Crippen LogP contribution in [0.2, 0.25) is 0 Å². The average Bonchev–Trinajstić information content (AvgIpc) is 2.55. The molecular weight excluding hydrogens is 343 g/mol. The summed E-state index contributed by atoms with van der Waals surface area (Å²) in [7, 11) is 0. The Bertz CT molecular complexity index is 747. The van der Waals surface area contributed by atoms with Crippen molar-refractivity contribution < 1.29 is 31.4 Å². The molecule has 1 heterocycles. The Balaban J connectivity index is 1.90. The molecule has 0 amide bonds. The van der Waals surface area contributed by atoms with Crippen LogP contribution in [0.15, 0.2) is 36.4 Å². The Morgan fingerprint density at radius 3 is 2.08 bits per heavy atom. The van der Waals surface area contributed by atoms with Crippen molar-refractivity contribution in [3.05, 3.63) is 59.2 Å². The van der Waals surface area contributed by atoms with E-state index in [4.69, 9.17) is 9.47 Å². The van der Waals surface area contributed by atoms with Crippen molar-refractivity contribution in [1.82, 2.24) is 0 Å². The summed E-state index contributed by atoms with van der Waals surface area (Å²) in [5, 5.41) is 0. The monoisotopic (exact) mass is 358 g/mol. The van der Waals surface area contributed by atoms with Crippen LogP contribution in [0, 0.1) is 17.6 Å². The van der Waals surface area contributed by atoms with Gasteiger partial charge in [0, 0.05) is 17.0 Å². The molecule has 134 valence electrons.